The van der Waals surface area contributed by atoms with E-state index in [0.29, 0.717) is 17.1 Å². The summed E-state index contributed by atoms with van der Waals surface area (Å²) in [6.07, 6.45) is 2.33. The van der Waals surface area contributed by atoms with Gasteiger partial charge >= 0.3 is 0 Å². The molecule has 0 saturated heterocycles. The van der Waals surface area contributed by atoms with Crippen LogP contribution in [0.25, 0.3) is 0 Å². The summed E-state index contributed by atoms with van der Waals surface area (Å²) >= 11 is 0. The fourth-order valence-corrected chi connectivity index (χ4v) is 2.47. The van der Waals surface area contributed by atoms with Crippen LogP contribution in [0.15, 0.2) is 42.5 Å². The molecule has 0 aliphatic rings. The van der Waals surface area contributed by atoms with Crippen molar-refractivity contribution in [1.82, 2.24) is 0 Å². The predicted octanol–water partition coefficient (Wildman–Crippen LogP) is 4.19. The number of benzene rings is 2. The second kappa shape index (κ2) is 8.97. The molecule has 5 heteroatoms. The van der Waals surface area contributed by atoms with Gasteiger partial charge in [-0.1, -0.05) is 13.3 Å². The number of carbonyl (C=O) groups excluding carboxylic acids is 1. The third-order valence-corrected chi connectivity index (χ3v) is 4.03. The highest BCUT2D eigenvalue weighted by molar-refractivity contribution is 6.04. The molecular formula is C20H26N2O3. The molecule has 0 aromatic heterocycles. The van der Waals surface area contributed by atoms with Crippen LogP contribution in [0.1, 0.15) is 30.1 Å². The fourth-order valence-electron chi connectivity index (χ4n) is 2.47. The number of ether oxygens (including phenoxy) is 2. The minimum Gasteiger partial charge on any atom is -0.497 e. The first-order chi connectivity index (χ1) is 12.1. The van der Waals surface area contributed by atoms with E-state index in [4.69, 9.17) is 9.47 Å². The van der Waals surface area contributed by atoms with Gasteiger partial charge < -0.3 is 19.7 Å². The summed E-state index contributed by atoms with van der Waals surface area (Å²) in [5.74, 6) is 0.957. The van der Waals surface area contributed by atoms with Gasteiger partial charge in [0.2, 0.25) is 0 Å². The van der Waals surface area contributed by atoms with Gasteiger partial charge in [0.1, 0.15) is 11.5 Å². The molecule has 0 fully saturated rings. The molecular weight excluding hydrogens is 316 g/mol. The zero-order chi connectivity index (χ0) is 18.2. The van der Waals surface area contributed by atoms with E-state index in [9.17, 15) is 4.79 Å². The Kier molecular flexibility index (Phi) is 6.69. The first kappa shape index (κ1) is 18.6. The SMILES string of the molecule is CCCCN(C)c1ccc(NC(=O)c2cc(OC)cc(OC)c2)cc1. The molecule has 134 valence electrons. The van der Waals surface area contributed by atoms with Crippen LogP contribution < -0.4 is 19.7 Å². The minimum absolute atomic E-state index is 0.204. The maximum absolute atomic E-state index is 12.5. The normalized spacial score (nSPS) is 10.2. The zero-order valence-corrected chi connectivity index (χ0v) is 15.3. The molecule has 1 N–H and O–H groups in total. The van der Waals surface area contributed by atoms with Gasteiger partial charge in [-0.25, -0.2) is 0 Å². The van der Waals surface area contributed by atoms with Crippen molar-refractivity contribution in [2.75, 3.05) is 38.0 Å². The molecule has 0 spiro atoms. The van der Waals surface area contributed by atoms with E-state index in [1.807, 2.05) is 24.3 Å². The molecule has 0 heterocycles. The zero-order valence-electron chi connectivity index (χ0n) is 15.3. The van der Waals surface area contributed by atoms with E-state index < -0.39 is 0 Å². The number of anilines is 2. The Labute approximate surface area is 149 Å². The lowest BCUT2D eigenvalue weighted by molar-refractivity contribution is 0.102. The third-order valence-electron chi connectivity index (χ3n) is 4.03. The number of hydrogen-bond donors (Lipinski definition) is 1. The standard InChI is InChI=1S/C20H26N2O3/c1-5-6-11-22(2)17-9-7-16(8-10-17)21-20(23)15-12-18(24-3)14-19(13-15)25-4/h7-10,12-14H,5-6,11H2,1-4H3,(H,21,23). The topological polar surface area (TPSA) is 50.8 Å². The van der Waals surface area contributed by atoms with Crippen molar-refractivity contribution in [3.8, 4) is 11.5 Å². The van der Waals surface area contributed by atoms with E-state index in [1.54, 1.807) is 32.4 Å². The fraction of sp³-hybridized carbons (Fsp3) is 0.350. The van der Waals surface area contributed by atoms with Crippen LogP contribution in [0, 0.1) is 0 Å². The van der Waals surface area contributed by atoms with Crippen LogP contribution in [-0.2, 0) is 0 Å². The lowest BCUT2D eigenvalue weighted by Crippen LogP contribution is -2.18. The molecule has 0 atom stereocenters. The smallest absolute Gasteiger partial charge is 0.255 e. The quantitative estimate of drug-likeness (QED) is 0.781. The van der Waals surface area contributed by atoms with Crippen molar-refractivity contribution in [1.29, 1.82) is 0 Å². The van der Waals surface area contributed by atoms with Gasteiger partial charge in [0, 0.05) is 36.6 Å². The molecule has 25 heavy (non-hydrogen) atoms. The van der Waals surface area contributed by atoms with Crippen LogP contribution in [-0.4, -0.2) is 33.7 Å². The minimum atomic E-state index is -0.204. The maximum atomic E-state index is 12.5. The Morgan fingerprint density at radius 2 is 1.64 bits per heavy atom. The molecule has 0 aliphatic carbocycles. The average molecular weight is 342 g/mol. The molecule has 0 unspecified atom stereocenters. The highest BCUT2D eigenvalue weighted by Crippen LogP contribution is 2.24. The molecule has 0 bridgehead atoms. The summed E-state index contributed by atoms with van der Waals surface area (Å²) in [6, 6.07) is 12.9. The molecule has 5 nitrogen and oxygen atoms in total. The number of methoxy groups -OCH3 is 2. The van der Waals surface area contributed by atoms with Crippen LogP contribution in [0.5, 0.6) is 11.5 Å². The van der Waals surface area contributed by atoms with E-state index in [1.165, 1.54) is 6.42 Å². The molecule has 2 rings (SSSR count). The van der Waals surface area contributed by atoms with Gasteiger partial charge in [-0.15, -0.1) is 0 Å². The van der Waals surface area contributed by atoms with E-state index in [0.717, 1.165) is 24.3 Å². The van der Waals surface area contributed by atoms with E-state index >= 15 is 0 Å². The Morgan fingerprint density at radius 3 is 2.16 bits per heavy atom. The van der Waals surface area contributed by atoms with E-state index in [2.05, 4.69) is 24.2 Å². The second-order valence-electron chi connectivity index (χ2n) is 5.88. The third kappa shape index (κ3) is 5.14. The van der Waals surface area contributed by atoms with Gasteiger partial charge in [-0.05, 0) is 42.8 Å². The lowest BCUT2D eigenvalue weighted by atomic mass is 10.1. The summed E-state index contributed by atoms with van der Waals surface area (Å²) in [4.78, 5) is 14.7. The largest absolute Gasteiger partial charge is 0.497 e. The number of amides is 1. The second-order valence-corrected chi connectivity index (χ2v) is 5.88. The van der Waals surface area contributed by atoms with Gasteiger partial charge in [-0.3, -0.25) is 4.79 Å². The number of nitrogens with one attached hydrogen (secondary N) is 1. The summed E-state index contributed by atoms with van der Waals surface area (Å²) in [7, 11) is 5.19. The summed E-state index contributed by atoms with van der Waals surface area (Å²) in [5, 5.41) is 2.90. The molecule has 0 saturated carbocycles. The Morgan fingerprint density at radius 1 is 1.04 bits per heavy atom. The summed E-state index contributed by atoms with van der Waals surface area (Å²) < 4.78 is 10.4. The highest BCUT2D eigenvalue weighted by atomic mass is 16.5. The van der Waals surface area contributed by atoms with Crippen molar-refractivity contribution in [3.05, 3.63) is 48.0 Å². The summed E-state index contributed by atoms with van der Waals surface area (Å²) in [5.41, 5.74) is 2.37. The van der Waals surface area contributed by atoms with Gasteiger partial charge in [0.15, 0.2) is 0 Å². The molecule has 0 radical (unpaired) electrons. The van der Waals surface area contributed by atoms with Crippen molar-refractivity contribution < 1.29 is 14.3 Å². The first-order valence-corrected chi connectivity index (χ1v) is 8.43. The number of hydrogen-bond acceptors (Lipinski definition) is 4. The number of unbranched alkanes of at least 4 members (excludes halogenated alkanes) is 1. The number of rotatable bonds is 8. The van der Waals surface area contributed by atoms with Crippen LogP contribution in [0.3, 0.4) is 0 Å². The Bertz CT molecular complexity index is 676. The molecule has 2 aromatic carbocycles. The Balaban J connectivity index is 2.08. The van der Waals surface area contributed by atoms with Crippen molar-refractivity contribution in [3.63, 3.8) is 0 Å². The average Bonchev–Trinajstić information content (AvgIpc) is 2.66. The lowest BCUT2D eigenvalue weighted by Gasteiger charge is -2.19. The van der Waals surface area contributed by atoms with Crippen molar-refractivity contribution in [2.24, 2.45) is 0 Å². The highest BCUT2D eigenvalue weighted by Gasteiger charge is 2.10. The van der Waals surface area contributed by atoms with Crippen LogP contribution in [0.4, 0.5) is 11.4 Å². The number of carbonyl (C=O) groups is 1. The van der Waals surface area contributed by atoms with Gasteiger partial charge in [0.25, 0.3) is 5.91 Å². The molecule has 2 aromatic rings. The van der Waals surface area contributed by atoms with Crippen LogP contribution >= 0.6 is 0 Å². The number of nitrogens with zero attached hydrogens (tertiary/aromatic N) is 1. The van der Waals surface area contributed by atoms with Gasteiger partial charge in [-0.2, -0.15) is 0 Å². The van der Waals surface area contributed by atoms with Gasteiger partial charge in [0.05, 0.1) is 14.2 Å². The summed E-state index contributed by atoms with van der Waals surface area (Å²) in [6.45, 7) is 3.20. The van der Waals surface area contributed by atoms with Crippen LogP contribution in [0.2, 0.25) is 0 Å². The van der Waals surface area contributed by atoms with Crippen molar-refractivity contribution in [2.45, 2.75) is 19.8 Å². The monoisotopic (exact) mass is 342 g/mol. The Hall–Kier alpha value is -2.69. The van der Waals surface area contributed by atoms with E-state index in [-0.39, 0.29) is 5.91 Å². The molecule has 1 amide bonds. The first-order valence-electron chi connectivity index (χ1n) is 8.43. The van der Waals surface area contributed by atoms with Crippen molar-refractivity contribution >= 4 is 17.3 Å². The predicted molar refractivity (Wildman–Crippen MR) is 102 cm³/mol. The maximum Gasteiger partial charge on any atom is 0.255 e. The molecule has 0 aliphatic heterocycles.